The SMILES string of the molecule is C[C@H](N=C1S/C(=C2\Sc3ccccc3N2C)C(=O)N1C)c1ccccc1. The third-order valence-electron chi connectivity index (χ3n) is 4.50. The summed E-state index contributed by atoms with van der Waals surface area (Å²) in [4.78, 5) is 23.3. The summed E-state index contributed by atoms with van der Waals surface area (Å²) in [5.41, 5.74) is 2.28. The zero-order valence-corrected chi connectivity index (χ0v) is 16.5. The van der Waals surface area contributed by atoms with Crippen molar-refractivity contribution in [3.05, 3.63) is 70.1 Å². The van der Waals surface area contributed by atoms with Gasteiger partial charge in [0, 0.05) is 19.0 Å². The number of amides is 1. The molecule has 26 heavy (non-hydrogen) atoms. The summed E-state index contributed by atoms with van der Waals surface area (Å²) < 4.78 is 0. The number of hydrogen-bond acceptors (Lipinski definition) is 5. The van der Waals surface area contributed by atoms with Crippen molar-refractivity contribution in [2.45, 2.75) is 17.9 Å². The number of carbonyl (C=O) groups excluding carboxylic acids is 1. The van der Waals surface area contributed by atoms with Gasteiger partial charge in [-0.05, 0) is 36.4 Å². The molecule has 132 valence electrons. The van der Waals surface area contributed by atoms with Crippen LogP contribution in [0.5, 0.6) is 0 Å². The first kappa shape index (κ1) is 17.2. The molecule has 0 saturated carbocycles. The van der Waals surface area contributed by atoms with Crippen LogP contribution in [0.1, 0.15) is 18.5 Å². The highest BCUT2D eigenvalue weighted by Gasteiger charge is 2.37. The van der Waals surface area contributed by atoms with Gasteiger partial charge in [0.05, 0.1) is 16.8 Å². The smallest absolute Gasteiger partial charge is 0.269 e. The summed E-state index contributed by atoms with van der Waals surface area (Å²) >= 11 is 3.11. The number of aliphatic imine (C=N–C) groups is 1. The van der Waals surface area contributed by atoms with Crippen molar-refractivity contribution in [1.82, 2.24) is 4.90 Å². The fraction of sp³-hybridized carbons (Fsp3) is 0.200. The van der Waals surface area contributed by atoms with Gasteiger partial charge in [0.15, 0.2) is 5.17 Å². The number of nitrogens with zero attached hydrogens (tertiary/aromatic N) is 3. The maximum absolute atomic E-state index is 12.8. The topological polar surface area (TPSA) is 35.9 Å². The largest absolute Gasteiger partial charge is 0.337 e. The van der Waals surface area contributed by atoms with Gasteiger partial charge in [-0.1, -0.05) is 54.2 Å². The highest BCUT2D eigenvalue weighted by molar-refractivity contribution is 8.19. The van der Waals surface area contributed by atoms with Gasteiger partial charge in [-0.2, -0.15) is 0 Å². The first-order valence-corrected chi connectivity index (χ1v) is 10.0. The van der Waals surface area contributed by atoms with E-state index in [2.05, 4.69) is 36.1 Å². The summed E-state index contributed by atoms with van der Waals surface area (Å²) in [6.45, 7) is 2.05. The number of likely N-dealkylation sites (N-methyl/N-ethyl adjacent to an activating group) is 1. The fourth-order valence-electron chi connectivity index (χ4n) is 2.96. The highest BCUT2D eigenvalue weighted by atomic mass is 32.2. The van der Waals surface area contributed by atoms with Crippen LogP contribution in [-0.2, 0) is 4.79 Å². The maximum Gasteiger partial charge on any atom is 0.269 e. The van der Waals surface area contributed by atoms with Crippen LogP contribution in [0.2, 0.25) is 0 Å². The van der Waals surface area contributed by atoms with Crippen molar-refractivity contribution in [2.75, 3.05) is 19.0 Å². The van der Waals surface area contributed by atoms with E-state index in [-0.39, 0.29) is 11.9 Å². The van der Waals surface area contributed by atoms with Crippen molar-refractivity contribution >= 4 is 40.3 Å². The summed E-state index contributed by atoms with van der Waals surface area (Å²) in [5.74, 6) is 0.0103. The summed E-state index contributed by atoms with van der Waals surface area (Å²) in [6.07, 6.45) is 0. The van der Waals surface area contributed by atoms with Gasteiger partial charge in [0.1, 0.15) is 4.91 Å². The number of anilines is 1. The zero-order valence-electron chi connectivity index (χ0n) is 14.8. The molecular weight excluding hydrogens is 362 g/mol. The molecule has 2 aliphatic heterocycles. The molecule has 0 spiro atoms. The minimum Gasteiger partial charge on any atom is -0.337 e. The van der Waals surface area contributed by atoms with Gasteiger partial charge in [-0.25, -0.2) is 0 Å². The zero-order chi connectivity index (χ0) is 18.3. The highest BCUT2D eigenvalue weighted by Crippen LogP contribution is 2.49. The van der Waals surface area contributed by atoms with Gasteiger partial charge < -0.3 is 4.90 Å². The lowest BCUT2D eigenvalue weighted by molar-refractivity contribution is -0.121. The van der Waals surface area contributed by atoms with E-state index in [9.17, 15) is 4.79 Å². The standard InChI is InChI=1S/C20H19N3OS2/c1-13(14-9-5-4-6-10-14)21-20-23(3)18(24)17(26-20)19-22(2)15-11-7-8-12-16(15)25-19/h4-13H,1-3H3/b19-17-,21-20?/t13-/m0/s1. The Morgan fingerprint density at radius 1 is 0.923 bits per heavy atom. The number of thioether (sulfide) groups is 2. The number of carbonyl (C=O) groups is 1. The summed E-state index contributed by atoms with van der Waals surface area (Å²) in [7, 11) is 3.81. The monoisotopic (exact) mass is 381 g/mol. The van der Waals surface area contributed by atoms with Crippen molar-refractivity contribution in [1.29, 1.82) is 0 Å². The number of fused-ring (bicyclic) bond motifs is 1. The van der Waals surface area contributed by atoms with Gasteiger partial charge in [0.2, 0.25) is 0 Å². The Hall–Kier alpha value is -2.18. The first-order chi connectivity index (χ1) is 12.6. The second-order valence-corrected chi connectivity index (χ2v) is 8.24. The lowest BCUT2D eigenvalue weighted by Gasteiger charge is -2.14. The van der Waals surface area contributed by atoms with E-state index in [1.54, 1.807) is 23.7 Å². The van der Waals surface area contributed by atoms with Crippen LogP contribution in [0, 0.1) is 0 Å². The number of para-hydroxylation sites is 1. The van der Waals surface area contributed by atoms with E-state index in [0.717, 1.165) is 26.4 Å². The molecule has 1 amide bonds. The third-order valence-corrected chi connectivity index (χ3v) is 7.00. The second kappa shape index (κ2) is 6.85. The third kappa shape index (κ3) is 2.93. The molecule has 4 nitrogen and oxygen atoms in total. The summed E-state index contributed by atoms with van der Waals surface area (Å²) in [6, 6.07) is 18.4. The first-order valence-electron chi connectivity index (χ1n) is 8.40. The van der Waals surface area contributed by atoms with Crippen molar-refractivity contribution in [2.24, 2.45) is 4.99 Å². The number of rotatable bonds is 2. The molecule has 1 saturated heterocycles. The normalized spacial score (nSPS) is 22.3. The fourth-order valence-corrected chi connectivity index (χ4v) is 5.36. The molecule has 1 fully saturated rings. The Balaban J connectivity index is 1.65. The van der Waals surface area contributed by atoms with E-state index in [1.165, 1.54) is 16.7 Å². The van der Waals surface area contributed by atoms with Crippen molar-refractivity contribution in [3.8, 4) is 0 Å². The molecule has 0 aliphatic carbocycles. The molecule has 6 heteroatoms. The maximum atomic E-state index is 12.8. The van der Waals surface area contributed by atoms with Gasteiger partial charge >= 0.3 is 0 Å². The van der Waals surface area contributed by atoms with Crippen LogP contribution in [0.3, 0.4) is 0 Å². The Bertz CT molecular complexity index is 924. The van der Waals surface area contributed by atoms with Crippen LogP contribution in [0.25, 0.3) is 0 Å². The molecule has 2 aliphatic rings. The van der Waals surface area contributed by atoms with Gasteiger partial charge in [-0.3, -0.25) is 14.7 Å². The van der Waals surface area contributed by atoms with E-state index < -0.39 is 0 Å². The molecular formula is C20H19N3OS2. The molecule has 0 N–H and O–H groups in total. The van der Waals surface area contributed by atoms with Crippen LogP contribution in [0.4, 0.5) is 5.69 Å². The lowest BCUT2D eigenvalue weighted by Crippen LogP contribution is -2.25. The number of benzene rings is 2. The predicted octanol–water partition coefficient (Wildman–Crippen LogP) is 4.72. The Morgan fingerprint density at radius 2 is 1.62 bits per heavy atom. The average Bonchev–Trinajstić information content (AvgIpc) is 3.14. The van der Waals surface area contributed by atoms with Gasteiger partial charge in [0.25, 0.3) is 5.91 Å². The quantitative estimate of drug-likeness (QED) is 0.705. The minimum atomic E-state index is 0.00413. The summed E-state index contributed by atoms with van der Waals surface area (Å²) in [5, 5.41) is 1.73. The van der Waals surface area contributed by atoms with Crippen molar-refractivity contribution < 1.29 is 4.79 Å². The van der Waals surface area contributed by atoms with E-state index in [4.69, 9.17) is 4.99 Å². The molecule has 0 aromatic heterocycles. The van der Waals surface area contributed by atoms with E-state index in [1.807, 2.05) is 37.4 Å². The molecule has 4 rings (SSSR count). The number of hydrogen-bond donors (Lipinski definition) is 0. The molecule has 0 unspecified atom stereocenters. The van der Waals surface area contributed by atoms with Crippen LogP contribution in [-0.4, -0.2) is 30.1 Å². The predicted molar refractivity (Wildman–Crippen MR) is 110 cm³/mol. The van der Waals surface area contributed by atoms with Crippen LogP contribution < -0.4 is 4.90 Å². The van der Waals surface area contributed by atoms with Crippen LogP contribution >= 0.6 is 23.5 Å². The molecule has 1 atom stereocenters. The molecule has 2 aromatic rings. The molecule has 0 radical (unpaired) electrons. The molecule has 0 bridgehead atoms. The second-order valence-electron chi connectivity index (χ2n) is 6.23. The lowest BCUT2D eigenvalue weighted by atomic mass is 10.1. The van der Waals surface area contributed by atoms with Gasteiger partial charge in [-0.15, -0.1) is 0 Å². The molecule has 2 heterocycles. The average molecular weight is 382 g/mol. The van der Waals surface area contributed by atoms with E-state index in [0.29, 0.717) is 0 Å². The minimum absolute atomic E-state index is 0.00413. The number of amidine groups is 1. The van der Waals surface area contributed by atoms with E-state index >= 15 is 0 Å². The van der Waals surface area contributed by atoms with Crippen LogP contribution in [0.15, 0.2) is 74.4 Å². The molecule has 2 aromatic carbocycles. The Labute approximate surface area is 162 Å². The Morgan fingerprint density at radius 3 is 2.35 bits per heavy atom. The van der Waals surface area contributed by atoms with Crippen molar-refractivity contribution in [3.63, 3.8) is 0 Å². The Kier molecular flexibility index (Phi) is 4.54.